The first kappa shape index (κ1) is 13.5. The molecule has 16 heavy (non-hydrogen) atoms. The predicted molar refractivity (Wildman–Crippen MR) is 67.3 cm³/mol. The minimum Gasteiger partial charge on any atom is -0.353 e. The van der Waals surface area contributed by atoms with Crippen LogP contribution in [0.3, 0.4) is 0 Å². The second kappa shape index (κ2) is 7.66. The van der Waals surface area contributed by atoms with Gasteiger partial charge in [-0.1, -0.05) is 19.3 Å². The molecule has 0 aromatic rings. The van der Waals surface area contributed by atoms with Gasteiger partial charge in [-0.3, -0.25) is 4.79 Å². The van der Waals surface area contributed by atoms with Gasteiger partial charge < -0.3 is 10.6 Å². The minimum atomic E-state index is 0.216. The first-order valence-electron chi connectivity index (χ1n) is 6.68. The standard InChI is InChI=1S/C13H26N2O/c1-11(12-7-4-3-5-8-12)15-13(16)9-6-10-14-2/h11-12,14H,3-10H2,1-2H3,(H,15,16)/t11-/m1/s1. The molecule has 1 fully saturated rings. The van der Waals surface area contributed by atoms with E-state index in [9.17, 15) is 4.79 Å². The normalized spacial score (nSPS) is 19.4. The zero-order valence-electron chi connectivity index (χ0n) is 10.7. The van der Waals surface area contributed by atoms with Crippen LogP contribution in [-0.4, -0.2) is 25.5 Å². The molecule has 1 amide bonds. The third-order valence-corrected chi connectivity index (χ3v) is 3.58. The first-order valence-corrected chi connectivity index (χ1v) is 6.68. The molecule has 0 aliphatic heterocycles. The molecule has 1 aliphatic rings. The summed E-state index contributed by atoms with van der Waals surface area (Å²) in [7, 11) is 1.92. The predicted octanol–water partition coefficient (Wildman–Crippen LogP) is 2.07. The topological polar surface area (TPSA) is 41.1 Å². The van der Waals surface area contributed by atoms with E-state index in [1.165, 1.54) is 32.1 Å². The Morgan fingerprint density at radius 2 is 2.00 bits per heavy atom. The van der Waals surface area contributed by atoms with Crippen molar-refractivity contribution >= 4 is 5.91 Å². The fourth-order valence-corrected chi connectivity index (χ4v) is 2.50. The Morgan fingerprint density at radius 3 is 2.62 bits per heavy atom. The number of hydrogen-bond donors (Lipinski definition) is 2. The van der Waals surface area contributed by atoms with Gasteiger partial charge >= 0.3 is 0 Å². The van der Waals surface area contributed by atoms with Gasteiger partial charge in [-0.15, -0.1) is 0 Å². The zero-order valence-corrected chi connectivity index (χ0v) is 10.7. The smallest absolute Gasteiger partial charge is 0.220 e. The molecule has 2 N–H and O–H groups in total. The molecule has 0 aromatic heterocycles. The summed E-state index contributed by atoms with van der Waals surface area (Å²) in [4.78, 5) is 11.6. The Labute approximate surface area is 99.4 Å². The monoisotopic (exact) mass is 226 g/mol. The highest BCUT2D eigenvalue weighted by Gasteiger charge is 2.20. The number of nitrogens with one attached hydrogen (secondary N) is 2. The van der Waals surface area contributed by atoms with E-state index in [1.807, 2.05) is 7.05 Å². The highest BCUT2D eigenvalue weighted by molar-refractivity contribution is 5.76. The van der Waals surface area contributed by atoms with Gasteiger partial charge in [0.2, 0.25) is 5.91 Å². The highest BCUT2D eigenvalue weighted by atomic mass is 16.1. The Hall–Kier alpha value is -0.570. The van der Waals surface area contributed by atoms with Crippen molar-refractivity contribution in [3.8, 4) is 0 Å². The van der Waals surface area contributed by atoms with Crippen LogP contribution in [0.5, 0.6) is 0 Å². The van der Waals surface area contributed by atoms with Gasteiger partial charge in [0.05, 0.1) is 0 Å². The van der Waals surface area contributed by atoms with E-state index in [0.29, 0.717) is 18.4 Å². The van der Waals surface area contributed by atoms with Crippen LogP contribution >= 0.6 is 0 Å². The average Bonchev–Trinajstić information content (AvgIpc) is 2.30. The van der Waals surface area contributed by atoms with Crippen molar-refractivity contribution in [3.63, 3.8) is 0 Å². The van der Waals surface area contributed by atoms with E-state index in [0.717, 1.165) is 13.0 Å². The Balaban J connectivity index is 2.16. The summed E-state index contributed by atoms with van der Waals surface area (Å²) in [5.74, 6) is 0.926. The van der Waals surface area contributed by atoms with Crippen LogP contribution < -0.4 is 10.6 Å². The van der Waals surface area contributed by atoms with Gasteiger partial charge in [-0.25, -0.2) is 0 Å². The van der Waals surface area contributed by atoms with Crippen LogP contribution in [-0.2, 0) is 4.79 Å². The molecular formula is C13H26N2O. The van der Waals surface area contributed by atoms with Gasteiger partial charge in [0.15, 0.2) is 0 Å². The van der Waals surface area contributed by atoms with Crippen molar-refractivity contribution in [3.05, 3.63) is 0 Å². The van der Waals surface area contributed by atoms with Crippen LogP contribution in [0.1, 0.15) is 51.9 Å². The Kier molecular flexibility index (Phi) is 6.46. The Bertz CT molecular complexity index is 200. The molecule has 0 bridgehead atoms. The summed E-state index contributed by atoms with van der Waals surface area (Å²) in [5, 5.41) is 6.20. The van der Waals surface area contributed by atoms with Gasteiger partial charge in [0.1, 0.15) is 0 Å². The van der Waals surface area contributed by atoms with Crippen LogP contribution in [0.25, 0.3) is 0 Å². The van der Waals surface area contributed by atoms with Crippen molar-refractivity contribution in [2.75, 3.05) is 13.6 Å². The molecule has 0 unspecified atom stereocenters. The lowest BCUT2D eigenvalue weighted by Gasteiger charge is -2.28. The third-order valence-electron chi connectivity index (χ3n) is 3.58. The van der Waals surface area contributed by atoms with E-state index in [1.54, 1.807) is 0 Å². The largest absolute Gasteiger partial charge is 0.353 e. The molecule has 1 saturated carbocycles. The molecule has 0 saturated heterocycles. The number of carbonyl (C=O) groups excluding carboxylic acids is 1. The molecule has 94 valence electrons. The van der Waals surface area contributed by atoms with Crippen molar-refractivity contribution in [2.24, 2.45) is 5.92 Å². The molecule has 0 spiro atoms. The molecule has 1 atom stereocenters. The highest BCUT2D eigenvalue weighted by Crippen LogP contribution is 2.26. The van der Waals surface area contributed by atoms with Crippen molar-refractivity contribution in [1.82, 2.24) is 10.6 Å². The van der Waals surface area contributed by atoms with Crippen molar-refractivity contribution in [1.29, 1.82) is 0 Å². The van der Waals surface area contributed by atoms with Crippen LogP contribution in [0, 0.1) is 5.92 Å². The van der Waals surface area contributed by atoms with E-state index in [-0.39, 0.29) is 5.91 Å². The molecule has 0 heterocycles. The first-order chi connectivity index (χ1) is 7.74. The fraction of sp³-hybridized carbons (Fsp3) is 0.923. The lowest BCUT2D eigenvalue weighted by Crippen LogP contribution is -2.38. The summed E-state index contributed by atoms with van der Waals surface area (Å²) in [6.07, 6.45) is 8.21. The van der Waals surface area contributed by atoms with Crippen molar-refractivity contribution in [2.45, 2.75) is 57.9 Å². The average molecular weight is 226 g/mol. The van der Waals surface area contributed by atoms with E-state index in [2.05, 4.69) is 17.6 Å². The maximum absolute atomic E-state index is 11.6. The number of hydrogen-bond acceptors (Lipinski definition) is 2. The van der Waals surface area contributed by atoms with Gasteiger partial charge in [0.25, 0.3) is 0 Å². The SMILES string of the molecule is CNCCCC(=O)N[C@H](C)C1CCCCC1. The number of amides is 1. The van der Waals surface area contributed by atoms with Gasteiger partial charge in [0, 0.05) is 12.5 Å². The van der Waals surface area contributed by atoms with Gasteiger partial charge in [-0.2, -0.15) is 0 Å². The van der Waals surface area contributed by atoms with Crippen LogP contribution in [0.4, 0.5) is 0 Å². The minimum absolute atomic E-state index is 0.216. The van der Waals surface area contributed by atoms with Gasteiger partial charge in [-0.05, 0) is 45.7 Å². The molecule has 1 rings (SSSR count). The second-order valence-corrected chi connectivity index (χ2v) is 4.96. The van der Waals surface area contributed by atoms with E-state index >= 15 is 0 Å². The summed E-state index contributed by atoms with van der Waals surface area (Å²) < 4.78 is 0. The molecule has 0 radical (unpaired) electrons. The molecular weight excluding hydrogens is 200 g/mol. The zero-order chi connectivity index (χ0) is 11.8. The fourth-order valence-electron chi connectivity index (χ4n) is 2.50. The van der Waals surface area contributed by atoms with E-state index in [4.69, 9.17) is 0 Å². The van der Waals surface area contributed by atoms with Crippen LogP contribution in [0.15, 0.2) is 0 Å². The quantitative estimate of drug-likeness (QED) is 0.681. The third kappa shape index (κ3) is 4.97. The van der Waals surface area contributed by atoms with Crippen molar-refractivity contribution < 1.29 is 4.79 Å². The lowest BCUT2D eigenvalue weighted by molar-refractivity contribution is -0.122. The molecule has 3 heteroatoms. The maximum Gasteiger partial charge on any atom is 0.220 e. The second-order valence-electron chi connectivity index (χ2n) is 4.96. The molecule has 3 nitrogen and oxygen atoms in total. The number of carbonyl (C=O) groups is 1. The summed E-state index contributed by atoms with van der Waals surface area (Å²) in [6, 6.07) is 0.363. The summed E-state index contributed by atoms with van der Waals surface area (Å²) in [6.45, 7) is 3.08. The maximum atomic E-state index is 11.6. The number of rotatable bonds is 6. The summed E-state index contributed by atoms with van der Waals surface area (Å²) >= 11 is 0. The summed E-state index contributed by atoms with van der Waals surface area (Å²) in [5.41, 5.74) is 0. The van der Waals surface area contributed by atoms with Crippen LogP contribution in [0.2, 0.25) is 0 Å². The lowest BCUT2D eigenvalue weighted by atomic mass is 9.84. The molecule has 0 aromatic carbocycles. The molecule has 1 aliphatic carbocycles. The Morgan fingerprint density at radius 1 is 1.31 bits per heavy atom. The van der Waals surface area contributed by atoms with E-state index < -0.39 is 0 Å².